The number of carbonyl (C=O) groups is 3. The van der Waals surface area contributed by atoms with Gasteiger partial charge in [0.15, 0.2) is 6.04 Å². The molecule has 1 aromatic carbocycles. The molecule has 0 fully saturated rings. The summed E-state index contributed by atoms with van der Waals surface area (Å²) in [5.74, 6) is 8.14. The van der Waals surface area contributed by atoms with Crippen LogP contribution in [0, 0.1) is 29.6 Å². The standard InChI is InChI=1S/C18H19N3O5/c1-12(11-22)5-3-4-6-13-7-9-14(10-8-13)16(23)20-15(17(24)19-2)18(25)21-26/h7-10,12,15,22,26H,11H2,1-2H3,(H,19,24)(H,20,23)(H,21,25). The van der Waals surface area contributed by atoms with Crippen molar-refractivity contribution in [2.24, 2.45) is 5.92 Å². The third-order valence-electron chi connectivity index (χ3n) is 3.17. The molecule has 0 spiro atoms. The highest BCUT2D eigenvalue weighted by atomic mass is 16.5. The fourth-order valence-corrected chi connectivity index (χ4v) is 1.69. The minimum absolute atomic E-state index is 0.0379. The van der Waals surface area contributed by atoms with Crippen molar-refractivity contribution in [3.8, 4) is 23.7 Å². The van der Waals surface area contributed by atoms with Crippen molar-refractivity contribution in [1.29, 1.82) is 0 Å². The Balaban J connectivity index is 2.82. The van der Waals surface area contributed by atoms with Gasteiger partial charge in [0, 0.05) is 24.1 Å². The number of benzene rings is 1. The van der Waals surface area contributed by atoms with Crippen molar-refractivity contribution < 1.29 is 24.7 Å². The monoisotopic (exact) mass is 357 g/mol. The number of nitrogens with one attached hydrogen (secondary N) is 3. The molecule has 0 heterocycles. The minimum atomic E-state index is -1.57. The average Bonchev–Trinajstić information content (AvgIpc) is 2.68. The maximum Gasteiger partial charge on any atom is 0.275 e. The first-order chi connectivity index (χ1) is 12.4. The smallest absolute Gasteiger partial charge is 0.275 e. The van der Waals surface area contributed by atoms with Crippen LogP contribution in [0.3, 0.4) is 0 Å². The molecule has 0 aliphatic heterocycles. The number of carbonyl (C=O) groups excluding carboxylic acids is 3. The van der Waals surface area contributed by atoms with E-state index >= 15 is 0 Å². The van der Waals surface area contributed by atoms with Crippen LogP contribution in [-0.2, 0) is 9.59 Å². The van der Waals surface area contributed by atoms with Crippen LogP contribution in [0.5, 0.6) is 0 Å². The van der Waals surface area contributed by atoms with Gasteiger partial charge in [-0.2, -0.15) is 0 Å². The molecule has 0 aliphatic rings. The van der Waals surface area contributed by atoms with Gasteiger partial charge >= 0.3 is 0 Å². The third kappa shape index (κ3) is 6.29. The highest BCUT2D eigenvalue weighted by Gasteiger charge is 2.27. The maximum absolute atomic E-state index is 12.1. The van der Waals surface area contributed by atoms with Crippen LogP contribution in [0.4, 0.5) is 0 Å². The van der Waals surface area contributed by atoms with E-state index in [0.29, 0.717) is 5.56 Å². The van der Waals surface area contributed by atoms with Gasteiger partial charge in [-0.3, -0.25) is 19.6 Å². The summed E-state index contributed by atoms with van der Waals surface area (Å²) in [6.45, 7) is 1.73. The van der Waals surface area contributed by atoms with Gasteiger partial charge < -0.3 is 15.7 Å². The lowest BCUT2D eigenvalue weighted by Gasteiger charge is -2.15. The van der Waals surface area contributed by atoms with Crippen molar-refractivity contribution >= 4 is 17.7 Å². The number of hydrogen-bond acceptors (Lipinski definition) is 5. The van der Waals surface area contributed by atoms with E-state index < -0.39 is 23.8 Å². The van der Waals surface area contributed by atoms with E-state index in [1.54, 1.807) is 19.1 Å². The Kier molecular flexibility index (Phi) is 8.38. The molecule has 2 unspecified atom stereocenters. The zero-order valence-electron chi connectivity index (χ0n) is 14.3. The molecule has 0 bridgehead atoms. The van der Waals surface area contributed by atoms with Gasteiger partial charge in [0.25, 0.3) is 17.7 Å². The quantitative estimate of drug-likeness (QED) is 0.200. The normalized spacial score (nSPS) is 11.5. The fourth-order valence-electron chi connectivity index (χ4n) is 1.69. The van der Waals surface area contributed by atoms with Crippen molar-refractivity contribution in [3.05, 3.63) is 35.4 Å². The van der Waals surface area contributed by atoms with Crippen molar-refractivity contribution in [2.75, 3.05) is 13.7 Å². The molecular formula is C18H19N3O5. The molecular weight excluding hydrogens is 338 g/mol. The number of rotatable bonds is 5. The molecule has 1 rings (SSSR count). The van der Waals surface area contributed by atoms with Crippen LogP contribution in [0.15, 0.2) is 24.3 Å². The van der Waals surface area contributed by atoms with Gasteiger partial charge in [-0.25, -0.2) is 5.48 Å². The van der Waals surface area contributed by atoms with Crippen LogP contribution in [0.25, 0.3) is 0 Å². The Morgan fingerprint density at radius 3 is 2.31 bits per heavy atom. The summed E-state index contributed by atoms with van der Waals surface area (Å²) in [4.78, 5) is 35.2. The zero-order chi connectivity index (χ0) is 19.5. The van der Waals surface area contributed by atoms with Gasteiger partial charge in [-0.15, -0.1) is 0 Å². The number of hydrogen-bond donors (Lipinski definition) is 5. The molecule has 8 nitrogen and oxygen atoms in total. The number of aliphatic hydroxyl groups is 1. The lowest BCUT2D eigenvalue weighted by molar-refractivity contribution is -0.137. The van der Waals surface area contributed by atoms with Gasteiger partial charge in [-0.05, 0) is 43.0 Å². The molecule has 26 heavy (non-hydrogen) atoms. The van der Waals surface area contributed by atoms with E-state index in [1.165, 1.54) is 24.7 Å². The van der Waals surface area contributed by atoms with E-state index in [4.69, 9.17) is 10.3 Å². The summed E-state index contributed by atoms with van der Waals surface area (Å²) in [7, 11) is 1.30. The van der Waals surface area contributed by atoms with Crippen LogP contribution in [0.1, 0.15) is 22.8 Å². The molecule has 0 saturated heterocycles. The molecule has 1 aromatic rings. The van der Waals surface area contributed by atoms with Crippen molar-refractivity contribution in [1.82, 2.24) is 16.1 Å². The van der Waals surface area contributed by atoms with Gasteiger partial charge in [0.2, 0.25) is 0 Å². The first-order valence-corrected chi connectivity index (χ1v) is 7.61. The van der Waals surface area contributed by atoms with Gasteiger partial charge in [0.1, 0.15) is 0 Å². The number of amides is 3. The molecule has 0 saturated carbocycles. The summed E-state index contributed by atoms with van der Waals surface area (Å²) in [5.41, 5.74) is 2.14. The van der Waals surface area contributed by atoms with Crippen LogP contribution >= 0.6 is 0 Å². The molecule has 0 aliphatic carbocycles. The molecule has 5 N–H and O–H groups in total. The predicted octanol–water partition coefficient (Wildman–Crippen LogP) is -0.980. The number of likely N-dealkylation sites (N-methyl/N-ethyl adjacent to an activating group) is 1. The van der Waals surface area contributed by atoms with Crippen molar-refractivity contribution in [3.63, 3.8) is 0 Å². The lowest BCUT2D eigenvalue weighted by Crippen LogP contribution is -2.54. The number of hydroxylamine groups is 1. The van der Waals surface area contributed by atoms with Crippen molar-refractivity contribution in [2.45, 2.75) is 13.0 Å². The molecule has 3 amide bonds. The largest absolute Gasteiger partial charge is 0.395 e. The van der Waals surface area contributed by atoms with Gasteiger partial charge in [-0.1, -0.05) is 11.8 Å². The SMILES string of the molecule is CNC(=O)C(NC(=O)c1ccc(C#CC#CC(C)CO)cc1)C(=O)NO. The van der Waals surface area contributed by atoms with E-state index in [0.717, 1.165) is 0 Å². The minimum Gasteiger partial charge on any atom is -0.395 e. The van der Waals surface area contributed by atoms with E-state index in [1.807, 2.05) is 0 Å². The molecule has 0 radical (unpaired) electrons. The Hall–Kier alpha value is -3.33. The van der Waals surface area contributed by atoms with Crippen LogP contribution < -0.4 is 16.1 Å². The summed E-state index contributed by atoms with van der Waals surface area (Å²) in [6, 6.07) is 4.54. The van der Waals surface area contributed by atoms with E-state index in [2.05, 4.69) is 34.3 Å². The molecule has 2 atom stereocenters. The van der Waals surface area contributed by atoms with Crippen LogP contribution in [-0.4, -0.2) is 47.7 Å². The van der Waals surface area contributed by atoms with Gasteiger partial charge in [0.05, 0.1) is 6.61 Å². The third-order valence-corrected chi connectivity index (χ3v) is 3.17. The summed E-state index contributed by atoms with van der Waals surface area (Å²) in [6.07, 6.45) is 0. The Morgan fingerprint density at radius 1 is 1.12 bits per heavy atom. The Bertz CT molecular complexity index is 765. The fraction of sp³-hybridized carbons (Fsp3) is 0.278. The molecule has 8 heteroatoms. The van der Waals surface area contributed by atoms with Crippen LogP contribution in [0.2, 0.25) is 0 Å². The summed E-state index contributed by atoms with van der Waals surface area (Å²) >= 11 is 0. The average molecular weight is 357 g/mol. The first-order valence-electron chi connectivity index (χ1n) is 7.61. The predicted molar refractivity (Wildman–Crippen MR) is 92.6 cm³/mol. The Labute approximate surface area is 150 Å². The zero-order valence-corrected chi connectivity index (χ0v) is 14.3. The second-order valence-corrected chi connectivity index (χ2v) is 5.18. The summed E-state index contributed by atoms with van der Waals surface area (Å²) < 4.78 is 0. The Morgan fingerprint density at radius 2 is 1.77 bits per heavy atom. The topological polar surface area (TPSA) is 128 Å². The number of aliphatic hydroxyl groups excluding tert-OH is 1. The molecule has 136 valence electrons. The highest BCUT2D eigenvalue weighted by Crippen LogP contribution is 2.04. The highest BCUT2D eigenvalue weighted by molar-refractivity contribution is 6.08. The lowest BCUT2D eigenvalue weighted by atomic mass is 10.1. The maximum atomic E-state index is 12.1. The van der Waals surface area contributed by atoms with E-state index in [9.17, 15) is 14.4 Å². The first kappa shape index (κ1) is 20.7. The second kappa shape index (κ2) is 10.5. The summed E-state index contributed by atoms with van der Waals surface area (Å²) in [5, 5.41) is 21.9. The van der Waals surface area contributed by atoms with E-state index in [-0.39, 0.29) is 18.1 Å². The second-order valence-electron chi connectivity index (χ2n) is 5.18. The molecule has 0 aromatic heterocycles.